The lowest BCUT2D eigenvalue weighted by atomic mass is 10.2. The molecule has 7 heteroatoms. The highest BCUT2D eigenvalue weighted by atomic mass is 35.5. The number of halogens is 5. The van der Waals surface area contributed by atoms with Gasteiger partial charge in [-0.25, -0.2) is 0 Å². The molecule has 0 unspecified atom stereocenters. The lowest BCUT2D eigenvalue weighted by molar-refractivity contribution is -0.111. The van der Waals surface area contributed by atoms with Crippen LogP contribution >= 0.6 is 58.0 Å². The largest absolute Gasteiger partial charge is 0.321 e. The highest BCUT2D eigenvalue weighted by Crippen LogP contribution is 2.32. The van der Waals surface area contributed by atoms with Gasteiger partial charge in [-0.15, -0.1) is 0 Å². The van der Waals surface area contributed by atoms with Crippen molar-refractivity contribution in [2.45, 2.75) is 0 Å². The van der Waals surface area contributed by atoms with Gasteiger partial charge in [-0.3, -0.25) is 4.79 Å². The third-order valence-corrected chi connectivity index (χ3v) is 4.41. The molecule has 2 nitrogen and oxygen atoms in total. The van der Waals surface area contributed by atoms with Crippen molar-refractivity contribution in [3.05, 3.63) is 67.1 Å². The van der Waals surface area contributed by atoms with E-state index in [0.717, 1.165) is 5.56 Å². The Hall–Kier alpha value is -0.900. The topological polar surface area (TPSA) is 29.1 Å². The third kappa shape index (κ3) is 4.55. The molecule has 1 N–H and O–H groups in total. The van der Waals surface area contributed by atoms with E-state index < -0.39 is 0 Å². The second kappa shape index (κ2) is 7.58. The van der Waals surface area contributed by atoms with Gasteiger partial charge in [0.2, 0.25) is 5.91 Å². The van der Waals surface area contributed by atoms with Crippen LogP contribution in [-0.2, 0) is 4.79 Å². The first-order valence-electron chi connectivity index (χ1n) is 5.95. The normalized spacial score (nSPS) is 11.0. The van der Waals surface area contributed by atoms with Gasteiger partial charge >= 0.3 is 0 Å². The number of nitrogens with one attached hydrogen (secondary N) is 1. The molecular weight excluding hydrogens is 387 g/mol. The summed E-state index contributed by atoms with van der Waals surface area (Å²) in [4.78, 5) is 11.9. The zero-order chi connectivity index (χ0) is 16.3. The number of carbonyl (C=O) groups is 1. The van der Waals surface area contributed by atoms with Crippen molar-refractivity contribution >= 4 is 75.7 Å². The summed E-state index contributed by atoms with van der Waals surface area (Å²) in [7, 11) is 0. The minimum atomic E-state index is -0.369. The number of carbonyl (C=O) groups excluding carboxylic acids is 1. The molecule has 0 radical (unpaired) electrons. The maximum atomic E-state index is 11.9. The third-order valence-electron chi connectivity index (χ3n) is 2.64. The molecule has 2 aromatic carbocycles. The van der Waals surface area contributed by atoms with Crippen LogP contribution in [0.15, 0.2) is 36.4 Å². The van der Waals surface area contributed by atoms with Gasteiger partial charge in [-0.1, -0.05) is 64.1 Å². The van der Waals surface area contributed by atoms with E-state index in [-0.39, 0.29) is 5.91 Å². The molecule has 0 aromatic heterocycles. The van der Waals surface area contributed by atoms with E-state index in [9.17, 15) is 4.79 Å². The van der Waals surface area contributed by atoms with Crippen LogP contribution in [0.4, 0.5) is 5.69 Å². The van der Waals surface area contributed by atoms with Crippen molar-refractivity contribution < 1.29 is 4.79 Å². The Morgan fingerprint density at radius 3 is 2.14 bits per heavy atom. The Morgan fingerprint density at radius 2 is 1.45 bits per heavy atom. The van der Waals surface area contributed by atoms with Gasteiger partial charge in [0, 0.05) is 6.08 Å². The van der Waals surface area contributed by atoms with E-state index in [1.54, 1.807) is 24.3 Å². The summed E-state index contributed by atoms with van der Waals surface area (Å²) < 4.78 is 0. The van der Waals surface area contributed by atoms with Gasteiger partial charge in [0.15, 0.2) is 0 Å². The molecule has 114 valence electrons. The first-order valence-corrected chi connectivity index (χ1v) is 7.84. The van der Waals surface area contributed by atoms with Crippen molar-refractivity contribution in [2.24, 2.45) is 0 Å². The fourth-order valence-corrected chi connectivity index (χ4v) is 2.48. The van der Waals surface area contributed by atoms with Crippen LogP contribution in [0, 0.1) is 0 Å². The van der Waals surface area contributed by atoms with Crippen LogP contribution in [0.1, 0.15) is 5.56 Å². The van der Waals surface area contributed by atoms with E-state index in [1.807, 2.05) is 0 Å². The highest BCUT2D eigenvalue weighted by molar-refractivity contribution is 6.44. The Morgan fingerprint density at radius 1 is 0.818 bits per heavy atom. The van der Waals surface area contributed by atoms with Gasteiger partial charge in [0.05, 0.1) is 30.8 Å². The average Bonchev–Trinajstić information content (AvgIpc) is 2.46. The fraction of sp³-hybridized carbons (Fsp3) is 0. The molecule has 0 atom stereocenters. The lowest BCUT2D eigenvalue weighted by Gasteiger charge is -2.06. The van der Waals surface area contributed by atoms with E-state index >= 15 is 0 Å². The molecule has 1 amide bonds. The highest BCUT2D eigenvalue weighted by Gasteiger charge is 2.07. The SMILES string of the molecule is O=C(/C=C/c1ccc(Cl)c(Cl)c1)Nc1cc(Cl)c(Cl)cc1Cl. The molecule has 0 saturated carbocycles. The predicted octanol–water partition coefficient (Wildman–Crippen LogP) is 6.61. The molecule has 0 spiro atoms. The fourth-order valence-electron chi connectivity index (χ4n) is 1.58. The molecule has 0 bridgehead atoms. The summed E-state index contributed by atoms with van der Waals surface area (Å²) in [6, 6.07) is 7.99. The number of hydrogen-bond donors (Lipinski definition) is 1. The minimum absolute atomic E-state index is 0.297. The van der Waals surface area contributed by atoms with Crippen LogP contribution in [-0.4, -0.2) is 5.91 Å². The molecule has 22 heavy (non-hydrogen) atoms. The second-order valence-electron chi connectivity index (χ2n) is 4.24. The summed E-state index contributed by atoms with van der Waals surface area (Å²) >= 11 is 29.4. The van der Waals surface area contributed by atoms with Crippen molar-refractivity contribution in [1.29, 1.82) is 0 Å². The Labute approximate surface area is 152 Å². The van der Waals surface area contributed by atoms with Gasteiger partial charge in [0.1, 0.15) is 0 Å². The summed E-state index contributed by atoms with van der Waals surface area (Å²) in [5.41, 5.74) is 1.12. The molecule has 0 saturated heterocycles. The van der Waals surface area contributed by atoms with Crippen LogP contribution in [0.5, 0.6) is 0 Å². The zero-order valence-corrected chi connectivity index (χ0v) is 14.6. The average molecular weight is 396 g/mol. The first kappa shape index (κ1) is 17.5. The Bertz CT molecular complexity index is 758. The summed E-state index contributed by atoms with van der Waals surface area (Å²) in [6.07, 6.45) is 2.95. The van der Waals surface area contributed by atoms with Crippen LogP contribution in [0.3, 0.4) is 0 Å². The minimum Gasteiger partial charge on any atom is -0.321 e. The van der Waals surface area contributed by atoms with E-state index in [1.165, 1.54) is 18.2 Å². The van der Waals surface area contributed by atoms with Gasteiger partial charge in [-0.2, -0.15) is 0 Å². The van der Waals surface area contributed by atoms with E-state index in [0.29, 0.717) is 30.8 Å². The second-order valence-corrected chi connectivity index (χ2v) is 6.28. The smallest absolute Gasteiger partial charge is 0.248 e. The number of hydrogen-bond acceptors (Lipinski definition) is 1. The molecule has 0 heterocycles. The predicted molar refractivity (Wildman–Crippen MR) is 95.6 cm³/mol. The molecule has 2 aromatic rings. The van der Waals surface area contributed by atoms with Gasteiger partial charge < -0.3 is 5.32 Å². The first-order chi connectivity index (χ1) is 10.4. The summed E-state index contributed by atoms with van der Waals surface area (Å²) in [5, 5.41) is 4.39. The van der Waals surface area contributed by atoms with E-state index in [4.69, 9.17) is 58.0 Å². The van der Waals surface area contributed by atoms with Crippen LogP contribution in [0.2, 0.25) is 25.1 Å². The van der Waals surface area contributed by atoms with Crippen molar-refractivity contribution in [1.82, 2.24) is 0 Å². The molecule has 0 aliphatic carbocycles. The van der Waals surface area contributed by atoms with Crippen LogP contribution in [0.25, 0.3) is 6.08 Å². The molecular formula is C15H8Cl5NO. The molecule has 0 aliphatic heterocycles. The Balaban J connectivity index is 2.11. The Kier molecular flexibility index (Phi) is 6.01. The summed E-state index contributed by atoms with van der Waals surface area (Å²) in [6.45, 7) is 0. The van der Waals surface area contributed by atoms with Gasteiger partial charge in [0.25, 0.3) is 0 Å². The van der Waals surface area contributed by atoms with E-state index in [2.05, 4.69) is 5.32 Å². The maximum absolute atomic E-state index is 11.9. The molecule has 2 rings (SSSR count). The number of anilines is 1. The number of benzene rings is 2. The van der Waals surface area contributed by atoms with Crippen molar-refractivity contribution in [3.8, 4) is 0 Å². The monoisotopic (exact) mass is 393 g/mol. The summed E-state index contributed by atoms with van der Waals surface area (Å²) in [5.74, 6) is -0.369. The lowest BCUT2D eigenvalue weighted by Crippen LogP contribution is -2.08. The number of amides is 1. The molecule has 0 aliphatic rings. The van der Waals surface area contributed by atoms with Crippen molar-refractivity contribution in [2.75, 3.05) is 5.32 Å². The number of rotatable bonds is 3. The van der Waals surface area contributed by atoms with Crippen molar-refractivity contribution in [3.63, 3.8) is 0 Å². The maximum Gasteiger partial charge on any atom is 0.248 e. The van der Waals surface area contributed by atoms with Crippen LogP contribution < -0.4 is 5.32 Å². The standard InChI is InChI=1S/C15H8Cl5NO/c16-9-3-1-8(5-10(9)17)2-4-15(22)21-14-7-12(19)11(18)6-13(14)20/h1-7H,(H,21,22)/b4-2+. The zero-order valence-electron chi connectivity index (χ0n) is 10.8. The molecule has 0 fully saturated rings. The quantitative estimate of drug-likeness (QED) is 0.460. The van der Waals surface area contributed by atoms with Gasteiger partial charge in [-0.05, 0) is 35.9 Å².